The van der Waals surface area contributed by atoms with Gasteiger partial charge in [0, 0.05) is 44.0 Å². The Hall–Kier alpha value is -3.26. The van der Waals surface area contributed by atoms with E-state index in [1.807, 2.05) is 50.2 Å². The molecule has 8 heteroatoms. The van der Waals surface area contributed by atoms with E-state index in [2.05, 4.69) is 55.8 Å². The average molecular weight is 434 g/mol. The van der Waals surface area contributed by atoms with Crippen molar-refractivity contribution < 1.29 is 4.79 Å². The lowest BCUT2D eigenvalue weighted by atomic mass is 10.0. The van der Waals surface area contributed by atoms with Gasteiger partial charge in [-0.15, -0.1) is 10.2 Å². The van der Waals surface area contributed by atoms with Crippen LogP contribution in [0.15, 0.2) is 54.6 Å². The minimum atomic E-state index is -0.532. The largest absolute Gasteiger partial charge is 0.369 e. The molecule has 1 aromatic heterocycles. The van der Waals surface area contributed by atoms with Crippen molar-refractivity contribution in [1.82, 2.24) is 30.4 Å². The molecule has 1 aliphatic rings. The Morgan fingerprint density at radius 2 is 1.69 bits per heavy atom. The Kier molecular flexibility index (Phi) is 6.80. The lowest BCUT2D eigenvalue weighted by molar-refractivity contribution is -0.126. The van der Waals surface area contributed by atoms with Gasteiger partial charge in [-0.2, -0.15) is 4.80 Å². The summed E-state index contributed by atoms with van der Waals surface area (Å²) in [7, 11) is 2.15. The third kappa shape index (κ3) is 4.96. The van der Waals surface area contributed by atoms with Gasteiger partial charge in [-0.05, 0) is 29.8 Å². The van der Waals surface area contributed by atoms with E-state index in [1.165, 1.54) is 10.5 Å². The highest BCUT2D eigenvalue weighted by Crippen LogP contribution is 2.23. The monoisotopic (exact) mass is 433 g/mol. The first kappa shape index (κ1) is 22.0. The zero-order valence-corrected chi connectivity index (χ0v) is 19.0. The quantitative estimate of drug-likeness (QED) is 0.617. The maximum absolute atomic E-state index is 13.2. The smallest absolute Gasteiger partial charge is 0.247 e. The van der Waals surface area contributed by atoms with E-state index in [0.717, 1.165) is 37.3 Å². The van der Waals surface area contributed by atoms with E-state index in [4.69, 9.17) is 0 Å². The predicted molar refractivity (Wildman–Crippen MR) is 125 cm³/mol. The first-order chi connectivity index (χ1) is 15.5. The highest BCUT2D eigenvalue weighted by Gasteiger charge is 2.27. The second-order valence-corrected chi connectivity index (χ2v) is 8.63. The lowest BCUT2D eigenvalue weighted by Gasteiger charge is -2.35. The second-order valence-electron chi connectivity index (χ2n) is 8.63. The van der Waals surface area contributed by atoms with E-state index < -0.39 is 6.04 Å². The number of nitrogens with one attached hydrogen (secondary N) is 1. The van der Waals surface area contributed by atoms with Crippen LogP contribution in [0.2, 0.25) is 0 Å². The Labute approximate surface area is 189 Å². The standard InChI is InChI=1S/C24H31N7O/c1-18(2)22(31-27-23(26-28-31)19-9-5-4-6-10-19)24(32)25-17-20-11-7-8-12-21(20)30-15-13-29(3)14-16-30/h4-12,18,22H,13-17H2,1-3H3,(H,25,32). The number of tetrazole rings is 1. The summed E-state index contributed by atoms with van der Waals surface area (Å²) in [5.74, 6) is 0.426. The summed E-state index contributed by atoms with van der Waals surface area (Å²) in [6.07, 6.45) is 0. The molecule has 0 radical (unpaired) electrons. The first-order valence-corrected chi connectivity index (χ1v) is 11.2. The molecule has 3 aromatic rings. The van der Waals surface area contributed by atoms with Crippen molar-refractivity contribution >= 4 is 11.6 Å². The van der Waals surface area contributed by atoms with E-state index in [-0.39, 0.29) is 11.8 Å². The maximum atomic E-state index is 13.2. The van der Waals surface area contributed by atoms with E-state index >= 15 is 0 Å². The lowest BCUT2D eigenvalue weighted by Crippen LogP contribution is -2.45. The number of para-hydroxylation sites is 1. The fourth-order valence-corrected chi connectivity index (χ4v) is 4.02. The molecule has 0 aliphatic carbocycles. The van der Waals surface area contributed by atoms with E-state index in [1.54, 1.807) is 0 Å². The fraction of sp³-hybridized carbons (Fsp3) is 0.417. The molecule has 0 spiro atoms. The molecule has 1 amide bonds. The zero-order chi connectivity index (χ0) is 22.5. The molecule has 1 atom stereocenters. The number of nitrogens with zero attached hydrogens (tertiary/aromatic N) is 6. The minimum absolute atomic E-state index is 0.0145. The molecule has 168 valence electrons. The average Bonchev–Trinajstić information content (AvgIpc) is 3.28. The summed E-state index contributed by atoms with van der Waals surface area (Å²) in [5, 5.41) is 16.0. The van der Waals surface area contributed by atoms with E-state index in [0.29, 0.717) is 12.4 Å². The molecule has 0 bridgehead atoms. The normalized spacial score (nSPS) is 15.7. The molecule has 1 unspecified atom stereocenters. The van der Waals surface area contributed by atoms with Gasteiger partial charge in [0.15, 0.2) is 6.04 Å². The molecular weight excluding hydrogens is 402 g/mol. The van der Waals surface area contributed by atoms with Gasteiger partial charge in [0.25, 0.3) is 0 Å². The molecule has 4 rings (SSSR count). The molecule has 8 nitrogen and oxygen atoms in total. The van der Waals surface area contributed by atoms with Crippen LogP contribution in [0.3, 0.4) is 0 Å². The summed E-state index contributed by atoms with van der Waals surface area (Å²) in [6, 6.07) is 17.4. The second kappa shape index (κ2) is 9.91. The topological polar surface area (TPSA) is 79.2 Å². The van der Waals surface area contributed by atoms with Crippen molar-refractivity contribution in [3.05, 3.63) is 60.2 Å². The third-order valence-corrected chi connectivity index (χ3v) is 5.90. The van der Waals surface area contributed by atoms with Crippen LogP contribution in [-0.2, 0) is 11.3 Å². The Morgan fingerprint density at radius 1 is 1.00 bits per heavy atom. The van der Waals surface area contributed by atoms with Crippen LogP contribution < -0.4 is 10.2 Å². The number of piperazine rings is 1. The van der Waals surface area contributed by atoms with Gasteiger partial charge < -0.3 is 15.1 Å². The van der Waals surface area contributed by atoms with Crippen molar-refractivity contribution in [3.8, 4) is 11.4 Å². The minimum Gasteiger partial charge on any atom is -0.369 e. The summed E-state index contributed by atoms with van der Waals surface area (Å²) in [4.78, 5) is 19.3. The summed E-state index contributed by atoms with van der Waals surface area (Å²) in [6.45, 7) is 8.50. The first-order valence-electron chi connectivity index (χ1n) is 11.2. The number of hydrogen-bond donors (Lipinski definition) is 1. The SMILES string of the molecule is CC(C)C(C(=O)NCc1ccccc1N1CCN(C)CC1)n1nnc(-c2ccccc2)n1. The van der Waals surface area contributed by atoms with Crippen LogP contribution >= 0.6 is 0 Å². The molecule has 2 aromatic carbocycles. The van der Waals surface area contributed by atoms with Crippen molar-refractivity contribution in [1.29, 1.82) is 0 Å². The van der Waals surface area contributed by atoms with Gasteiger partial charge in [-0.1, -0.05) is 62.4 Å². The molecule has 0 saturated carbocycles. The van der Waals surface area contributed by atoms with Crippen LogP contribution in [-0.4, -0.2) is 64.2 Å². The van der Waals surface area contributed by atoms with Crippen LogP contribution in [0.25, 0.3) is 11.4 Å². The van der Waals surface area contributed by atoms with Crippen LogP contribution in [0.5, 0.6) is 0 Å². The summed E-state index contributed by atoms with van der Waals surface area (Å²) in [5.41, 5.74) is 3.18. The molecule has 2 heterocycles. The van der Waals surface area contributed by atoms with Crippen molar-refractivity contribution in [2.45, 2.75) is 26.4 Å². The Morgan fingerprint density at radius 3 is 2.41 bits per heavy atom. The fourth-order valence-electron chi connectivity index (χ4n) is 4.02. The highest BCUT2D eigenvalue weighted by atomic mass is 16.2. The summed E-state index contributed by atoms with van der Waals surface area (Å²) >= 11 is 0. The van der Waals surface area contributed by atoms with Crippen molar-refractivity contribution in [2.24, 2.45) is 5.92 Å². The Balaban J connectivity index is 1.47. The van der Waals surface area contributed by atoms with Crippen molar-refractivity contribution in [3.63, 3.8) is 0 Å². The Bertz CT molecular complexity index is 1030. The molecule has 1 fully saturated rings. The van der Waals surface area contributed by atoms with Gasteiger partial charge in [-0.3, -0.25) is 4.79 Å². The number of benzene rings is 2. The molecule has 1 N–H and O–H groups in total. The molecule has 1 saturated heterocycles. The van der Waals surface area contributed by atoms with Crippen LogP contribution in [0, 0.1) is 5.92 Å². The van der Waals surface area contributed by atoms with Gasteiger partial charge >= 0.3 is 0 Å². The number of rotatable bonds is 7. The number of aromatic nitrogens is 4. The third-order valence-electron chi connectivity index (χ3n) is 5.90. The number of carbonyl (C=O) groups excluding carboxylic acids is 1. The van der Waals surface area contributed by atoms with Gasteiger partial charge in [-0.25, -0.2) is 0 Å². The van der Waals surface area contributed by atoms with Gasteiger partial charge in [0.1, 0.15) is 0 Å². The molecular formula is C24H31N7O. The van der Waals surface area contributed by atoms with E-state index in [9.17, 15) is 4.79 Å². The van der Waals surface area contributed by atoms with Crippen molar-refractivity contribution in [2.75, 3.05) is 38.1 Å². The predicted octanol–water partition coefficient (Wildman–Crippen LogP) is 2.61. The number of likely N-dealkylation sites (N-methyl/N-ethyl adjacent to an activating group) is 1. The molecule has 1 aliphatic heterocycles. The van der Waals surface area contributed by atoms with Gasteiger partial charge in [0.05, 0.1) is 0 Å². The number of amides is 1. The molecule has 32 heavy (non-hydrogen) atoms. The van der Waals surface area contributed by atoms with Gasteiger partial charge in [0.2, 0.25) is 11.7 Å². The maximum Gasteiger partial charge on any atom is 0.247 e. The number of hydrogen-bond acceptors (Lipinski definition) is 6. The number of carbonyl (C=O) groups is 1. The highest BCUT2D eigenvalue weighted by molar-refractivity contribution is 5.80. The van der Waals surface area contributed by atoms with Crippen LogP contribution in [0.4, 0.5) is 5.69 Å². The number of anilines is 1. The van der Waals surface area contributed by atoms with Crippen LogP contribution in [0.1, 0.15) is 25.5 Å². The summed E-state index contributed by atoms with van der Waals surface area (Å²) < 4.78 is 0. The zero-order valence-electron chi connectivity index (χ0n) is 19.0.